The van der Waals surface area contributed by atoms with Gasteiger partial charge in [0.1, 0.15) is 0 Å². The van der Waals surface area contributed by atoms with Gasteiger partial charge < -0.3 is 0 Å². The molecule has 0 spiro atoms. The molecular weight excluding hydrogens is 667 g/mol. The van der Waals surface area contributed by atoms with Crippen molar-refractivity contribution in [3.8, 4) is 55.9 Å². The van der Waals surface area contributed by atoms with E-state index in [9.17, 15) is 0 Å². The van der Waals surface area contributed by atoms with Gasteiger partial charge in [-0.1, -0.05) is 164 Å². The summed E-state index contributed by atoms with van der Waals surface area (Å²) >= 11 is 0. The minimum atomic E-state index is 0.686. The lowest BCUT2D eigenvalue weighted by atomic mass is 9.84. The molecule has 55 heavy (non-hydrogen) atoms. The van der Waals surface area contributed by atoms with Gasteiger partial charge >= 0.3 is 0 Å². The summed E-state index contributed by atoms with van der Waals surface area (Å²) in [6.45, 7) is 0. The third kappa shape index (κ3) is 5.20. The Morgan fingerprint density at radius 2 is 0.873 bits per heavy atom. The largest absolute Gasteiger partial charge is 0.283 e. The molecule has 0 aliphatic rings. The number of rotatable bonds is 5. The predicted molar refractivity (Wildman–Crippen MR) is 230 cm³/mol. The van der Waals surface area contributed by atoms with E-state index in [-0.39, 0.29) is 0 Å². The summed E-state index contributed by atoms with van der Waals surface area (Å²) in [5, 5.41) is 9.93. The Morgan fingerprint density at radius 3 is 1.55 bits per heavy atom. The Labute approximate surface area is 318 Å². The number of benzene rings is 9. The molecule has 0 bridgehead atoms. The van der Waals surface area contributed by atoms with Crippen LogP contribution in [0.5, 0.6) is 0 Å². The van der Waals surface area contributed by atoms with Crippen LogP contribution in [0.1, 0.15) is 0 Å². The van der Waals surface area contributed by atoms with Crippen molar-refractivity contribution in [2.45, 2.75) is 0 Å². The highest BCUT2D eigenvalue weighted by atomic mass is 15.1. The van der Waals surface area contributed by atoms with Crippen molar-refractivity contribution in [2.24, 2.45) is 0 Å². The molecule has 3 heteroatoms. The second-order valence-corrected chi connectivity index (χ2v) is 14.2. The van der Waals surface area contributed by atoms with Crippen molar-refractivity contribution in [1.29, 1.82) is 0 Å². The Bertz CT molecular complexity index is 3250. The number of imidazole rings is 1. The Balaban J connectivity index is 1.12. The predicted octanol–water partition coefficient (Wildman–Crippen LogP) is 13.7. The zero-order valence-corrected chi connectivity index (χ0v) is 29.9. The van der Waals surface area contributed by atoms with Crippen LogP contribution in [0, 0.1) is 0 Å². The monoisotopic (exact) mass is 699 g/mol. The van der Waals surface area contributed by atoms with E-state index in [2.05, 4.69) is 185 Å². The molecule has 0 aliphatic carbocycles. The first-order chi connectivity index (χ1) is 27.3. The van der Waals surface area contributed by atoms with Crippen LogP contribution in [-0.2, 0) is 0 Å². The van der Waals surface area contributed by atoms with E-state index in [1.165, 1.54) is 70.9 Å². The van der Waals surface area contributed by atoms with Crippen molar-refractivity contribution in [2.75, 3.05) is 0 Å². The van der Waals surface area contributed by atoms with Crippen LogP contribution in [0.3, 0.4) is 0 Å². The average molecular weight is 700 g/mol. The molecule has 0 N–H and O–H groups in total. The van der Waals surface area contributed by atoms with Gasteiger partial charge in [-0.25, -0.2) is 9.97 Å². The van der Waals surface area contributed by atoms with E-state index >= 15 is 0 Å². The molecule has 0 aliphatic heterocycles. The SMILES string of the molecule is c1ccc(-c2c(-c3ccc(-c4ccc5c(-c6ccc7ccccc7c6)c6ccccc6c(-c6ccc7ccccc7c6)c5c4)cc3)nc3ncccn23)cc1. The van der Waals surface area contributed by atoms with Crippen LogP contribution in [0.2, 0.25) is 0 Å². The minimum absolute atomic E-state index is 0.686. The normalized spacial score (nSPS) is 11.6. The Kier molecular flexibility index (Phi) is 7.17. The summed E-state index contributed by atoms with van der Waals surface area (Å²) in [5.74, 6) is 0.686. The molecule has 11 rings (SSSR count). The fourth-order valence-corrected chi connectivity index (χ4v) is 8.45. The lowest BCUT2D eigenvalue weighted by molar-refractivity contribution is 1.11. The van der Waals surface area contributed by atoms with E-state index in [0.29, 0.717) is 5.78 Å². The van der Waals surface area contributed by atoms with Crippen LogP contribution in [0.15, 0.2) is 200 Å². The first kappa shape index (κ1) is 31.2. The zero-order chi connectivity index (χ0) is 36.3. The molecule has 2 heterocycles. The standard InChI is InChI=1S/C52H33N3/c1-2-13-38(14-3-1)51-50(54-52-53-29-10-30-55(51)52)37-23-19-36(20-24-37)41-27-28-46-47(33-41)49(43-26-22-35-12-5-7-16-40(35)32-43)45-18-9-8-17-44(45)48(46)42-25-21-34-11-4-6-15-39(34)31-42/h1-33H. The van der Waals surface area contributed by atoms with Crippen molar-refractivity contribution < 1.29 is 0 Å². The third-order valence-corrected chi connectivity index (χ3v) is 11.0. The average Bonchev–Trinajstić information content (AvgIpc) is 3.65. The van der Waals surface area contributed by atoms with Crippen molar-refractivity contribution >= 4 is 48.9 Å². The number of hydrogen-bond acceptors (Lipinski definition) is 2. The summed E-state index contributed by atoms with van der Waals surface area (Å²) in [4.78, 5) is 9.58. The molecule has 256 valence electrons. The molecular formula is C52H33N3. The second-order valence-electron chi connectivity index (χ2n) is 14.2. The van der Waals surface area contributed by atoms with E-state index in [1.54, 1.807) is 6.20 Å². The topological polar surface area (TPSA) is 30.2 Å². The van der Waals surface area contributed by atoms with Gasteiger partial charge in [0.05, 0.1) is 11.4 Å². The van der Waals surface area contributed by atoms with Gasteiger partial charge in [-0.3, -0.25) is 4.40 Å². The van der Waals surface area contributed by atoms with Crippen LogP contribution in [-0.4, -0.2) is 14.4 Å². The quantitative estimate of drug-likeness (QED) is 0.167. The Morgan fingerprint density at radius 1 is 0.345 bits per heavy atom. The molecule has 3 nitrogen and oxygen atoms in total. The highest BCUT2D eigenvalue weighted by Gasteiger charge is 2.20. The minimum Gasteiger partial charge on any atom is -0.283 e. The van der Waals surface area contributed by atoms with E-state index in [0.717, 1.165) is 28.1 Å². The number of hydrogen-bond donors (Lipinski definition) is 0. The first-order valence-corrected chi connectivity index (χ1v) is 18.7. The van der Waals surface area contributed by atoms with Gasteiger partial charge in [0.25, 0.3) is 0 Å². The molecule has 0 atom stereocenters. The maximum absolute atomic E-state index is 5.01. The number of aromatic nitrogens is 3. The highest BCUT2D eigenvalue weighted by Crippen LogP contribution is 2.46. The summed E-state index contributed by atoms with van der Waals surface area (Å²) in [5.41, 5.74) is 11.4. The van der Waals surface area contributed by atoms with Gasteiger partial charge in [0.2, 0.25) is 5.78 Å². The molecule has 11 aromatic rings. The molecule has 0 saturated carbocycles. The van der Waals surface area contributed by atoms with Crippen LogP contribution >= 0.6 is 0 Å². The van der Waals surface area contributed by atoms with Crippen LogP contribution < -0.4 is 0 Å². The molecule has 0 fully saturated rings. The fraction of sp³-hybridized carbons (Fsp3) is 0. The lowest BCUT2D eigenvalue weighted by Gasteiger charge is -2.19. The lowest BCUT2D eigenvalue weighted by Crippen LogP contribution is -1.92. The van der Waals surface area contributed by atoms with Crippen molar-refractivity contribution in [3.05, 3.63) is 200 Å². The van der Waals surface area contributed by atoms with Crippen molar-refractivity contribution in [1.82, 2.24) is 14.4 Å². The molecule has 0 amide bonds. The van der Waals surface area contributed by atoms with E-state index < -0.39 is 0 Å². The van der Waals surface area contributed by atoms with Gasteiger partial charge in [-0.05, 0) is 101 Å². The third-order valence-electron chi connectivity index (χ3n) is 11.0. The van der Waals surface area contributed by atoms with Crippen LogP contribution in [0.4, 0.5) is 0 Å². The summed E-state index contributed by atoms with van der Waals surface area (Å²) in [7, 11) is 0. The molecule has 2 aromatic heterocycles. The molecule has 0 radical (unpaired) electrons. The van der Waals surface area contributed by atoms with Gasteiger partial charge in [0, 0.05) is 23.5 Å². The summed E-state index contributed by atoms with van der Waals surface area (Å²) in [6.07, 6.45) is 3.83. The number of nitrogens with zero attached hydrogens (tertiary/aromatic N) is 3. The van der Waals surface area contributed by atoms with E-state index in [1.807, 2.05) is 18.3 Å². The maximum Gasteiger partial charge on any atom is 0.234 e. The van der Waals surface area contributed by atoms with E-state index in [4.69, 9.17) is 4.98 Å². The van der Waals surface area contributed by atoms with Crippen LogP contribution in [0.25, 0.3) is 105 Å². The summed E-state index contributed by atoms with van der Waals surface area (Å²) < 4.78 is 2.08. The molecule has 0 unspecified atom stereocenters. The number of fused-ring (bicyclic) bond motifs is 5. The van der Waals surface area contributed by atoms with Crippen molar-refractivity contribution in [3.63, 3.8) is 0 Å². The maximum atomic E-state index is 5.01. The smallest absolute Gasteiger partial charge is 0.234 e. The molecule has 0 saturated heterocycles. The summed E-state index contributed by atoms with van der Waals surface area (Å²) in [6, 6.07) is 68.2. The van der Waals surface area contributed by atoms with Gasteiger partial charge in [-0.2, -0.15) is 0 Å². The van der Waals surface area contributed by atoms with Gasteiger partial charge in [0.15, 0.2) is 0 Å². The fourth-order valence-electron chi connectivity index (χ4n) is 8.45. The first-order valence-electron chi connectivity index (χ1n) is 18.7. The molecule has 9 aromatic carbocycles. The van der Waals surface area contributed by atoms with Gasteiger partial charge in [-0.15, -0.1) is 0 Å². The second kappa shape index (κ2) is 12.6. The highest BCUT2D eigenvalue weighted by molar-refractivity contribution is 6.22. The Hall–Kier alpha value is -7.36. The zero-order valence-electron chi connectivity index (χ0n) is 29.9.